The molecule has 0 bridgehead atoms. The van der Waals surface area contributed by atoms with Crippen molar-refractivity contribution in [3.05, 3.63) is 59.7 Å². The molecule has 0 saturated carbocycles. The van der Waals surface area contributed by atoms with Gasteiger partial charge >= 0.3 is 0 Å². The average Bonchev–Trinajstić information content (AvgIpc) is 2.64. The molecule has 7 heteroatoms. The van der Waals surface area contributed by atoms with Crippen LogP contribution in [0.15, 0.2) is 53.4 Å². The molecule has 0 aromatic heterocycles. The van der Waals surface area contributed by atoms with Gasteiger partial charge in [0, 0.05) is 22.0 Å². The van der Waals surface area contributed by atoms with Gasteiger partial charge in [-0.05, 0) is 41.8 Å². The molecule has 1 fully saturated rings. The smallest absolute Gasteiger partial charge is 0.195 e. The first-order valence-electron chi connectivity index (χ1n) is 8.28. The molecule has 1 aliphatic rings. The van der Waals surface area contributed by atoms with E-state index in [1.54, 1.807) is 18.4 Å². The predicted octanol–water partition coefficient (Wildman–Crippen LogP) is 0.833. The number of aliphatic hydroxyl groups excluding tert-OH is 3. The summed E-state index contributed by atoms with van der Waals surface area (Å²) in [5.74, 6) is 0.464. The molecule has 26 heavy (non-hydrogen) atoms. The van der Waals surface area contributed by atoms with Gasteiger partial charge in [0.1, 0.15) is 18.0 Å². The Morgan fingerprint density at radius 2 is 1.62 bits per heavy atom. The minimum Gasteiger partial charge on any atom is -0.482 e. The third kappa shape index (κ3) is 4.49. The van der Waals surface area contributed by atoms with Crippen LogP contribution in [-0.2, 0) is 22.0 Å². The number of hydrogen-bond acceptors (Lipinski definition) is 6. The molecule has 1 aliphatic heterocycles. The molecule has 2 aromatic rings. The molecule has 6 nitrogen and oxygen atoms in total. The van der Waals surface area contributed by atoms with Gasteiger partial charge in [-0.1, -0.05) is 24.3 Å². The zero-order chi connectivity index (χ0) is 18.7. The van der Waals surface area contributed by atoms with E-state index < -0.39 is 35.4 Å². The minimum absolute atomic E-state index is 0.133. The van der Waals surface area contributed by atoms with E-state index in [-0.39, 0.29) is 6.61 Å². The standard InChI is InChI=1S/C19H22O6S/c1-26(23)15-8-4-13(5-9-15)10-12-2-6-14(7-3-12)25-18-17(21)16(20)11-24-19(18)22/h2-9,16-22H,10-11H2,1H3/t16-,17+,18-,19-,26?/m1/s1. The van der Waals surface area contributed by atoms with Gasteiger partial charge in [-0.2, -0.15) is 0 Å². The van der Waals surface area contributed by atoms with Crippen LogP contribution < -0.4 is 4.74 Å². The fourth-order valence-electron chi connectivity index (χ4n) is 2.78. The highest BCUT2D eigenvalue weighted by Crippen LogP contribution is 2.22. The second kappa shape index (κ2) is 8.28. The van der Waals surface area contributed by atoms with E-state index in [4.69, 9.17) is 9.47 Å². The highest BCUT2D eigenvalue weighted by Gasteiger charge is 2.39. The Labute approximate surface area is 154 Å². The number of ether oxygens (including phenoxy) is 2. The van der Waals surface area contributed by atoms with Gasteiger partial charge in [-0.3, -0.25) is 4.21 Å². The normalized spacial score (nSPS) is 27.1. The molecular weight excluding hydrogens is 356 g/mol. The number of rotatable bonds is 5. The van der Waals surface area contributed by atoms with Crippen molar-refractivity contribution in [2.75, 3.05) is 12.9 Å². The summed E-state index contributed by atoms with van der Waals surface area (Å²) < 4.78 is 22.0. The number of benzene rings is 2. The Bertz CT molecular complexity index is 746. The zero-order valence-electron chi connectivity index (χ0n) is 14.3. The Hall–Kier alpha value is -1.77. The Morgan fingerprint density at radius 3 is 2.19 bits per heavy atom. The SMILES string of the molecule is CS(=O)c1ccc(Cc2ccc(O[C@@H]3[C@@H](O)[C@H](O)CO[C@H]3O)cc2)cc1. The van der Waals surface area contributed by atoms with Crippen LogP contribution in [-0.4, -0.2) is 57.0 Å². The van der Waals surface area contributed by atoms with Crippen molar-refractivity contribution in [2.45, 2.75) is 35.9 Å². The van der Waals surface area contributed by atoms with Crippen LogP contribution in [0.1, 0.15) is 11.1 Å². The molecule has 1 unspecified atom stereocenters. The van der Waals surface area contributed by atoms with Gasteiger partial charge in [0.05, 0.1) is 6.61 Å². The van der Waals surface area contributed by atoms with Gasteiger partial charge in [-0.15, -0.1) is 0 Å². The maximum Gasteiger partial charge on any atom is 0.195 e. The lowest BCUT2D eigenvalue weighted by atomic mass is 10.0. The molecule has 0 aliphatic carbocycles. The lowest BCUT2D eigenvalue weighted by Gasteiger charge is -2.35. The summed E-state index contributed by atoms with van der Waals surface area (Å²) in [6, 6.07) is 14.9. The van der Waals surface area contributed by atoms with E-state index >= 15 is 0 Å². The van der Waals surface area contributed by atoms with E-state index in [2.05, 4.69) is 0 Å². The quantitative estimate of drug-likeness (QED) is 0.713. The van der Waals surface area contributed by atoms with Gasteiger partial charge in [0.15, 0.2) is 12.4 Å². The third-order valence-corrected chi connectivity index (χ3v) is 5.24. The van der Waals surface area contributed by atoms with Gasteiger partial charge in [-0.25, -0.2) is 0 Å². The fourth-order valence-corrected chi connectivity index (χ4v) is 3.30. The molecule has 140 valence electrons. The van der Waals surface area contributed by atoms with Crippen molar-refractivity contribution in [3.63, 3.8) is 0 Å². The Balaban J connectivity index is 1.63. The maximum atomic E-state index is 11.4. The fraction of sp³-hybridized carbons (Fsp3) is 0.368. The summed E-state index contributed by atoms with van der Waals surface area (Å²) in [6.45, 7) is -0.133. The van der Waals surface area contributed by atoms with Gasteiger partial charge in [0.2, 0.25) is 0 Å². The highest BCUT2D eigenvalue weighted by atomic mass is 32.2. The second-order valence-electron chi connectivity index (χ2n) is 6.28. The maximum absolute atomic E-state index is 11.4. The number of hydrogen-bond donors (Lipinski definition) is 3. The van der Waals surface area contributed by atoms with Crippen LogP contribution in [0.25, 0.3) is 0 Å². The van der Waals surface area contributed by atoms with Gasteiger partial charge in [0.25, 0.3) is 0 Å². The molecule has 0 radical (unpaired) electrons. The molecule has 2 aromatic carbocycles. The lowest BCUT2D eigenvalue weighted by molar-refractivity contribution is -0.244. The number of aliphatic hydroxyl groups is 3. The topological polar surface area (TPSA) is 96.2 Å². The molecule has 1 heterocycles. The predicted molar refractivity (Wildman–Crippen MR) is 96.4 cm³/mol. The van der Waals surface area contributed by atoms with Crippen LogP contribution in [0.3, 0.4) is 0 Å². The van der Waals surface area contributed by atoms with Crippen molar-refractivity contribution in [3.8, 4) is 5.75 Å². The van der Waals surface area contributed by atoms with Crippen LogP contribution >= 0.6 is 0 Å². The monoisotopic (exact) mass is 378 g/mol. The second-order valence-corrected chi connectivity index (χ2v) is 7.66. The van der Waals surface area contributed by atoms with Crippen molar-refractivity contribution < 1.29 is 29.0 Å². The third-order valence-electron chi connectivity index (χ3n) is 4.31. The first kappa shape index (κ1) is 19.0. The summed E-state index contributed by atoms with van der Waals surface area (Å²) in [5.41, 5.74) is 2.16. The van der Waals surface area contributed by atoms with E-state index in [1.807, 2.05) is 36.4 Å². The summed E-state index contributed by atoms with van der Waals surface area (Å²) in [4.78, 5) is 0.798. The molecule has 3 N–H and O–H groups in total. The minimum atomic E-state index is -1.30. The van der Waals surface area contributed by atoms with E-state index in [1.165, 1.54) is 0 Å². The van der Waals surface area contributed by atoms with Gasteiger partial charge < -0.3 is 24.8 Å². The van der Waals surface area contributed by atoms with Crippen molar-refractivity contribution >= 4 is 10.8 Å². The van der Waals surface area contributed by atoms with Crippen LogP contribution in [0.4, 0.5) is 0 Å². The highest BCUT2D eigenvalue weighted by molar-refractivity contribution is 7.84. The van der Waals surface area contributed by atoms with Crippen LogP contribution in [0.5, 0.6) is 5.75 Å². The van der Waals surface area contributed by atoms with E-state index in [9.17, 15) is 19.5 Å². The summed E-state index contributed by atoms with van der Waals surface area (Å²) in [5, 5.41) is 29.4. The van der Waals surface area contributed by atoms with Crippen LogP contribution in [0, 0.1) is 0 Å². The Morgan fingerprint density at radius 1 is 1.04 bits per heavy atom. The molecule has 1 saturated heterocycles. The zero-order valence-corrected chi connectivity index (χ0v) is 15.1. The molecule has 0 amide bonds. The summed E-state index contributed by atoms with van der Waals surface area (Å²) in [7, 11) is -0.985. The first-order chi connectivity index (χ1) is 12.4. The molecule has 3 rings (SSSR count). The van der Waals surface area contributed by atoms with Crippen molar-refractivity contribution in [1.82, 2.24) is 0 Å². The van der Waals surface area contributed by atoms with Crippen LogP contribution in [0.2, 0.25) is 0 Å². The van der Waals surface area contributed by atoms with E-state index in [0.29, 0.717) is 12.2 Å². The summed E-state index contributed by atoms with van der Waals surface area (Å²) >= 11 is 0. The lowest BCUT2D eigenvalue weighted by Crippen LogP contribution is -2.55. The van der Waals surface area contributed by atoms with Crippen molar-refractivity contribution in [1.29, 1.82) is 0 Å². The van der Waals surface area contributed by atoms with Crippen molar-refractivity contribution in [2.24, 2.45) is 0 Å². The summed E-state index contributed by atoms with van der Waals surface area (Å²) in [6.07, 6.45) is -2.29. The first-order valence-corrected chi connectivity index (χ1v) is 9.83. The average molecular weight is 378 g/mol. The molecule has 0 spiro atoms. The largest absolute Gasteiger partial charge is 0.482 e. The Kier molecular flexibility index (Phi) is 6.05. The molecule has 5 atom stereocenters. The van der Waals surface area contributed by atoms with E-state index in [0.717, 1.165) is 16.0 Å². The molecular formula is C19H22O6S.